The molecule has 0 bridgehead atoms. The van der Waals surface area contributed by atoms with Crippen LogP contribution >= 0.6 is 0 Å². The zero-order valence-corrected chi connectivity index (χ0v) is 12.5. The monoisotopic (exact) mass is 274 g/mol. The van der Waals surface area contributed by atoms with Crippen molar-refractivity contribution in [2.45, 2.75) is 45.4 Å². The van der Waals surface area contributed by atoms with E-state index in [1.165, 1.54) is 43.2 Å². The van der Waals surface area contributed by atoms with Crippen molar-refractivity contribution in [3.63, 3.8) is 0 Å². The van der Waals surface area contributed by atoms with Crippen LogP contribution in [0.3, 0.4) is 0 Å². The van der Waals surface area contributed by atoms with Crippen molar-refractivity contribution in [2.75, 3.05) is 13.1 Å². The summed E-state index contributed by atoms with van der Waals surface area (Å²) in [7, 11) is 0. The molecule has 0 aromatic heterocycles. The SMILES string of the molecule is Cc1ccc(CCNC(=O)NCC2CCCCC2)cc1. The van der Waals surface area contributed by atoms with Crippen LogP contribution in [0.25, 0.3) is 0 Å². The Kier molecular flexibility index (Phi) is 5.90. The Balaban J connectivity index is 1.58. The third-order valence-corrected chi connectivity index (χ3v) is 4.10. The molecule has 0 aliphatic heterocycles. The van der Waals surface area contributed by atoms with Gasteiger partial charge in [0, 0.05) is 13.1 Å². The molecule has 2 N–H and O–H groups in total. The summed E-state index contributed by atoms with van der Waals surface area (Å²) in [6, 6.07) is 8.44. The molecule has 3 heteroatoms. The lowest BCUT2D eigenvalue weighted by molar-refractivity contribution is 0.236. The van der Waals surface area contributed by atoms with Crippen LogP contribution in [0, 0.1) is 12.8 Å². The number of amides is 2. The van der Waals surface area contributed by atoms with E-state index in [0.717, 1.165) is 13.0 Å². The fourth-order valence-electron chi connectivity index (χ4n) is 2.77. The smallest absolute Gasteiger partial charge is 0.314 e. The van der Waals surface area contributed by atoms with Crippen LogP contribution in [0.15, 0.2) is 24.3 Å². The maximum absolute atomic E-state index is 11.7. The molecule has 2 amide bonds. The van der Waals surface area contributed by atoms with Gasteiger partial charge in [0.1, 0.15) is 0 Å². The highest BCUT2D eigenvalue weighted by molar-refractivity contribution is 5.73. The molecule has 1 aromatic carbocycles. The topological polar surface area (TPSA) is 41.1 Å². The average Bonchev–Trinajstić information content (AvgIpc) is 2.48. The quantitative estimate of drug-likeness (QED) is 0.848. The molecule has 2 rings (SSSR count). The molecule has 0 heterocycles. The van der Waals surface area contributed by atoms with E-state index in [2.05, 4.69) is 41.8 Å². The van der Waals surface area contributed by atoms with Gasteiger partial charge in [0.05, 0.1) is 0 Å². The first-order valence-electron chi connectivity index (χ1n) is 7.81. The van der Waals surface area contributed by atoms with Crippen LogP contribution in [0.1, 0.15) is 43.2 Å². The molecule has 0 radical (unpaired) electrons. The molecular weight excluding hydrogens is 248 g/mol. The van der Waals surface area contributed by atoms with E-state index in [4.69, 9.17) is 0 Å². The molecule has 1 aliphatic carbocycles. The highest BCUT2D eigenvalue weighted by Gasteiger charge is 2.13. The second-order valence-electron chi connectivity index (χ2n) is 5.88. The summed E-state index contributed by atoms with van der Waals surface area (Å²) >= 11 is 0. The molecule has 0 spiro atoms. The first-order chi connectivity index (χ1) is 9.74. The van der Waals surface area contributed by atoms with Gasteiger partial charge in [-0.25, -0.2) is 4.79 Å². The second kappa shape index (κ2) is 7.93. The van der Waals surface area contributed by atoms with E-state index in [1.807, 2.05) is 0 Å². The number of nitrogens with one attached hydrogen (secondary N) is 2. The zero-order chi connectivity index (χ0) is 14.2. The van der Waals surface area contributed by atoms with Crippen LogP contribution < -0.4 is 10.6 Å². The third kappa shape index (κ3) is 5.24. The van der Waals surface area contributed by atoms with Crippen LogP contribution in [-0.2, 0) is 6.42 Å². The van der Waals surface area contributed by atoms with Gasteiger partial charge in [-0.2, -0.15) is 0 Å². The van der Waals surface area contributed by atoms with Crippen molar-refractivity contribution in [3.8, 4) is 0 Å². The fourth-order valence-corrected chi connectivity index (χ4v) is 2.77. The molecule has 0 saturated heterocycles. The summed E-state index contributed by atoms with van der Waals surface area (Å²) in [5.41, 5.74) is 2.54. The van der Waals surface area contributed by atoms with Gasteiger partial charge in [-0.3, -0.25) is 0 Å². The van der Waals surface area contributed by atoms with Crippen molar-refractivity contribution in [1.82, 2.24) is 10.6 Å². The largest absolute Gasteiger partial charge is 0.338 e. The summed E-state index contributed by atoms with van der Waals surface area (Å²) in [5.74, 6) is 0.687. The summed E-state index contributed by atoms with van der Waals surface area (Å²) in [6.45, 7) is 3.61. The van der Waals surface area contributed by atoms with Crippen LogP contribution in [0.4, 0.5) is 4.79 Å². The molecule has 20 heavy (non-hydrogen) atoms. The first kappa shape index (κ1) is 14.9. The molecule has 1 saturated carbocycles. The highest BCUT2D eigenvalue weighted by atomic mass is 16.2. The van der Waals surface area contributed by atoms with Gasteiger partial charge >= 0.3 is 6.03 Å². The minimum atomic E-state index is -0.0253. The molecule has 0 atom stereocenters. The van der Waals surface area contributed by atoms with E-state index in [-0.39, 0.29) is 6.03 Å². The van der Waals surface area contributed by atoms with E-state index in [1.54, 1.807) is 0 Å². The number of aryl methyl sites for hydroxylation is 1. The summed E-state index contributed by atoms with van der Waals surface area (Å²) in [5, 5.41) is 5.93. The maximum atomic E-state index is 11.7. The lowest BCUT2D eigenvalue weighted by Gasteiger charge is -2.21. The number of carbonyl (C=O) groups is 1. The van der Waals surface area contributed by atoms with Crippen molar-refractivity contribution >= 4 is 6.03 Å². The molecule has 0 unspecified atom stereocenters. The molecule has 110 valence electrons. The van der Waals surface area contributed by atoms with Crippen molar-refractivity contribution in [2.24, 2.45) is 5.92 Å². The maximum Gasteiger partial charge on any atom is 0.314 e. The van der Waals surface area contributed by atoms with Gasteiger partial charge in [0.15, 0.2) is 0 Å². The van der Waals surface area contributed by atoms with Gasteiger partial charge in [0.2, 0.25) is 0 Å². The Morgan fingerprint density at radius 1 is 1.10 bits per heavy atom. The van der Waals surface area contributed by atoms with Gasteiger partial charge in [-0.1, -0.05) is 49.1 Å². The number of hydrogen-bond donors (Lipinski definition) is 2. The number of rotatable bonds is 5. The molecule has 3 nitrogen and oxygen atoms in total. The average molecular weight is 274 g/mol. The molecular formula is C17H26N2O. The normalized spacial score (nSPS) is 15.8. The molecule has 1 fully saturated rings. The van der Waals surface area contributed by atoms with Gasteiger partial charge in [0.25, 0.3) is 0 Å². The Morgan fingerprint density at radius 3 is 2.50 bits per heavy atom. The Bertz CT molecular complexity index is 408. The lowest BCUT2D eigenvalue weighted by Crippen LogP contribution is -2.39. The van der Waals surface area contributed by atoms with Crippen LogP contribution in [0.2, 0.25) is 0 Å². The van der Waals surface area contributed by atoms with Gasteiger partial charge < -0.3 is 10.6 Å². The van der Waals surface area contributed by atoms with Gasteiger partial charge in [-0.15, -0.1) is 0 Å². The lowest BCUT2D eigenvalue weighted by atomic mass is 9.89. The van der Waals surface area contributed by atoms with E-state index >= 15 is 0 Å². The predicted molar refractivity (Wildman–Crippen MR) is 82.9 cm³/mol. The zero-order valence-electron chi connectivity index (χ0n) is 12.5. The number of urea groups is 1. The second-order valence-corrected chi connectivity index (χ2v) is 5.88. The molecule has 1 aromatic rings. The fraction of sp³-hybridized carbons (Fsp3) is 0.588. The summed E-state index contributed by atoms with van der Waals surface area (Å²) < 4.78 is 0. The Morgan fingerprint density at radius 2 is 1.80 bits per heavy atom. The number of hydrogen-bond acceptors (Lipinski definition) is 1. The number of benzene rings is 1. The minimum Gasteiger partial charge on any atom is -0.338 e. The molecule has 1 aliphatic rings. The van der Waals surface area contributed by atoms with Crippen molar-refractivity contribution < 1.29 is 4.79 Å². The standard InChI is InChI=1S/C17H26N2O/c1-14-7-9-15(10-8-14)11-12-18-17(20)19-13-16-5-3-2-4-6-16/h7-10,16H,2-6,11-13H2,1H3,(H2,18,19,20). The van der Waals surface area contributed by atoms with Gasteiger partial charge in [-0.05, 0) is 37.7 Å². The summed E-state index contributed by atoms with van der Waals surface area (Å²) in [6.07, 6.45) is 7.42. The summed E-state index contributed by atoms with van der Waals surface area (Å²) in [4.78, 5) is 11.7. The van der Waals surface area contributed by atoms with Crippen molar-refractivity contribution in [1.29, 1.82) is 0 Å². The van der Waals surface area contributed by atoms with E-state index < -0.39 is 0 Å². The highest BCUT2D eigenvalue weighted by Crippen LogP contribution is 2.22. The van der Waals surface area contributed by atoms with Crippen LogP contribution in [-0.4, -0.2) is 19.1 Å². The number of carbonyl (C=O) groups excluding carboxylic acids is 1. The Labute approximate surface area is 122 Å². The predicted octanol–water partition coefficient (Wildman–Crippen LogP) is 3.42. The van der Waals surface area contributed by atoms with E-state index in [9.17, 15) is 4.79 Å². The minimum absolute atomic E-state index is 0.0253. The Hall–Kier alpha value is -1.51. The van der Waals surface area contributed by atoms with Crippen LogP contribution in [0.5, 0.6) is 0 Å². The third-order valence-electron chi connectivity index (χ3n) is 4.10. The first-order valence-corrected chi connectivity index (χ1v) is 7.81. The van der Waals surface area contributed by atoms with E-state index in [0.29, 0.717) is 12.5 Å². The van der Waals surface area contributed by atoms with Crippen molar-refractivity contribution in [3.05, 3.63) is 35.4 Å².